The first-order valence-electron chi connectivity index (χ1n) is 5.98. The number of carbonyl (C=O) groups excluding carboxylic acids is 1. The summed E-state index contributed by atoms with van der Waals surface area (Å²) in [6.07, 6.45) is 1.99. The fourth-order valence-corrected chi connectivity index (χ4v) is 2.05. The van der Waals surface area contributed by atoms with Gasteiger partial charge in [-0.3, -0.25) is 4.79 Å². The quantitative estimate of drug-likeness (QED) is 0.682. The summed E-state index contributed by atoms with van der Waals surface area (Å²) in [5.41, 5.74) is 1.51. The fourth-order valence-electron chi connectivity index (χ4n) is 2.05. The van der Waals surface area contributed by atoms with E-state index in [2.05, 4.69) is 10.6 Å². The maximum absolute atomic E-state index is 12.0. The van der Waals surface area contributed by atoms with Crippen molar-refractivity contribution in [1.82, 2.24) is 5.32 Å². The summed E-state index contributed by atoms with van der Waals surface area (Å²) in [6, 6.07) is 5.10. The molecule has 1 aliphatic rings. The number of aryl methyl sites for hydroxylation is 1. The zero-order valence-electron chi connectivity index (χ0n) is 9.99. The number of anilines is 1. The van der Waals surface area contributed by atoms with Gasteiger partial charge >= 0.3 is 0 Å². The highest BCUT2D eigenvalue weighted by Crippen LogP contribution is 2.21. The second-order valence-electron chi connectivity index (χ2n) is 4.53. The third-order valence-corrected chi connectivity index (χ3v) is 3.13. The molecule has 1 fully saturated rings. The molecule has 1 unspecified atom stereocenters. The van der Waals surface area contributed by atoms with Crippen LogP contribution in [0, 0.1) is 12.8 Å². The molecule has 17 heavy (non-hydrogen) atoms. The van der Waals surface area contributed by atoms with Gasteiger partial charge in [-0.05, 0) is 50.1 Å². The van der Waals surface area contributed by atoms with E-state index in [9.17, 15) is 9.90 Å². The Hall–Kier alpha value is -1.55. The molecule has 1 aliphatic heterocycles. The average Bonchev–Trinajstić information content (AvgIpc) is 2.35. The Balaban J connectivity index is 1.99. The van der Waals surface area contributed by atoms with Crippen LogP contribution in [0.4, 0.5) is 5.69 Å². The third kappa shape index (κ3) is 2.97. The number of benzene rings is 1. The number of phenols is 1. The summed E-state index contributed by atoms with van der Waals surface area (Å²) in [5, 5.41) is 15.5. The smallest absolute Gasteiger partial charge is 0.228 e. The van der Waals surface area contributed by atoms with Gasteiger partial charge in [0.1, 0.15) is 5.75 Å². The number of phenolic OH excluding ortho intramolecular Hbond substituents is 1. The molecule has 4 heteroatoms. The van der Waals surface area contributed by atoms with Gasteiger partial charge in [-0.15, -0.1) is 0 Å². The third-order valence-electron chi connectivity index (χ3n) is 3.13. The standard InChI is InChI=1S/C13H18N2O2/c1-9-7-11(4-5-12(9)16)15-13(17)10-3-2-6-14-8-10/h4-5,7,10,14,16H,2-3,6,8H2,1H3,(H,15,17). The molecule has 92 valence electrons. The largest absolute Gasteiger partial charge is 0.508 e. The number of nitrogens with one attached hydrogen (secondary N) is 2. The van der Waals surface area contributed by atoms with Crippen molar-refractivity contribution in [3.63, 3.8) is 0 Å². The van der Waals surface area contributed by atoms with Crippen molar-refractivity contribution in [2.45, 2.75) is 19.8 Å². The minimum atomic E-state index is 0.0536. The zero-order chi connectivity index (χ0) is 12.3. The van der Waals surface area contributed by atoms with Gasteiger partial charge < -0.3 is 15.7 Å². The Morgan fingerprint density at radius 1 is 1.53 bits per heavy atom. The molecule has 3 N–H and O–H groups in total. The molecule has 0 spiro atoms. The van der Waals surface area contributed by atoms with E-state index >= 15 is 0 Å². The molecule has 1 heterocycles. The predicted molar refractivity (Wildman–Crippen MR) is 67.1 cm³/mol. The van der Waals surface area contributed by atoms with Crippen LogP contribution >= 0.6 is 0 Å². The number of rotatable bonds is 2. The van der Waals surface area contributed by atoms with E-state index in [0.717, 1.165) is 37.2 Å². The first kappa shape index (κ1) is 11.9. The van der Waals surface area contributed by atoms with Crippen molar-refractivity contribution >= 4 is 11.6 Å². The van der Waals surface area contributed by atoms with E-state index in [1.165, 1.54) is 0 Å². The minimum absolute atomic E-state index is 0.0536. The molecule has 1 aromatic carbocycles. The van der Waals surface area contributed by atoms with Gasteiger partial charge in [-0.2, -0.15) is 0 Å². The first-order chi connectivity index (χ1) is 8.16. The lowest BCUT2D eigenvalue weighted by molar-refractivity contribution is -0.120. The van der Waals surface area contributed by atoms with Crippen molar-refractivity contribution in [3.05, 3.63) is 23.8 Å². The maximum atomic E-state index is 12.0. The zero-order valence-corrected chi connectivity index (χ0v) is 9.99. The highest BCUT2D eigenvalue weighted by atomic mass is 16.3. The number of carbonyl (C=O) groups is 1. The lowest BCUT2D eigenvalue weighted by atomic mass is 9.99. The Kier molecular flexibility index (Phi) is 3.64. The van der Waals surface area contributed by atoms with Crippen molar-refractivity contribution < 1.29 is 9.90 Å². The van der Waals surface area contributed by atoms with E-state index in [1.807, 2.05) is 6.92 Å². The molecule has 2 rings (SSSR count). The van der Waals surface area contributed by atoms with Crippen LogP contribution in [0.25, 0.3) is 0 Å². The number of piperidine rings is 1. The van der Waals surface area contributed by atoms with Gasteiger partial charge in [0.15, 0.2) is 0 Å². The second kappa shape index (κ2) is 5.19. The van der Waals surface area contributed by atoms with Crippen LogP contribution in [0.3, 0.4) is 0 Å². The highest BCUT2D eigenvalue weighted by Gasteiger charge is 2.20. The Bertz CT molecular complexity index is 412. The molecule has 1 atom stereocenters. The van der Waals surface area contributed by atoms with Crippen LogP contribution in [0.1, 0.15) is 18.4 Å². The number of amides is 1. The van der Waals surface area contributed by atoms with Crippen molar-refractivity contribution in [3.8, 4) is 5.75 Å². The van der Waals surface area contributed by atoms with E-state index in [4.69, 9.17) is 0 Å². The van der Waals surface area contributed by atoms with Gasteiger partial charge in [-0.1, -0.05) is 0 Å². The molecule has 0 saturated carbocycles. The summed E-state index contributed by atoms with van der Waals surface area (Å²) in [5.74, 6) is 0.363. The van der Waals surface area contributed by atoms with Crippen LogP contribution < -0.4 is 10.6 Å². The first-order valence-corrected chi connectivity index (χ1v) is 5.98. The molecule has 1 amide bonds. The van der Waals surface area contributed by atoms with E-state index in [0.29, 0.717) is 0 Å². The Labute approximate surface area is 101 Å². The summed E-state index contributed by atoms with van der Waals surface area (Å²) in [6.45, 7) is 3.57. The van der Waals surface area contributed by atoms with Crippen LogP contribution in [-0.2, 0) is 4.79 Å². The van der Waals surface area contributed by atoms with E-state index in [1.54, 1.807) is 18.2 Å². The predicted octanol–water partition coefficient (Wildman–Crippen LogP) is 1.64. The van der Waals surface area contributed by atoms with Crippen LogP contribution in [0.5, 0.6) is 5.75 Å². The van der Waals surface area contributed by atoms with Crippen molar-refractivity contribution in [1.29, 1.82) is 0 Å². The van der Waals surface area contributed by atoms with Crippen LogP contribution in [-0.4, -0.2) is 24.1 Å². The van der Waals surface area contributed by atoms with Crippen LogP contribution in [0.2, 0.25) is 0 Å². The molecule has 0 aliphatic carbocycles. The molecule has 1 saturated heterocycles. The topological polar surface area (TPSA) is 61.4 Å². The normalized spacial score (nSPS) is 19.9. The van der Waals surface area contributed by atoms with Gasteiger partial charge in [0.2, 0.25) is 5.91 Å². The molecule has 4 nitrogen and oxygen atoms in total. The van der Waals surface area contributed by atoms with Crippen LogP contribution in [0.15, 0.2) is 18.2 Å². The maximum Gasteiger partial charge on any atom is 0.228 e. The minimum Gasteiger partial charge on any atom is -0.508 e. The summed E-state index contributed by atoms with van der Waals surface area (Å²) >= 11 is 0. The summed E-state index contributed by atoms with van der Waals surface area (Å²) in [7, 11) is 0. The van der Waals surface area contributed by atoms with E-state index < -0.39 is 0 Å². The molecule has 0 bridgehead atoms. The van der Waals surface area contributed by atoms with Crippen molar-refractivity contribution in [2.75, 3.05) is 18.4 Å². The van der Waals surface area contributed by atoms with Crippen molar-refractivity contribution in [2.24, 2.45) is 5.92 Å². The molecular weight excluding hydrogens is 216 g/mol. The highest BCUT2D eigenvalue weighted by molar-refractivity contribution is 5.92. The SMILES string of the molecule is Cc1cc(NC(=O)C2CCCNC2)ccc1O. The molecular formula is C13H18N2O2. The van der Waals surface area contributed by atoms with Gasteiger partial charge in [-0.25, -0.2) is 0 Å². The summed E-state index contributed by atoms with van der Waals surface area (Å²) < 4.78 is 0. The van der Waals surface area contributed by atoms with E-state index in [-0.39, 0.29) is 17.6 Å². The van der Waals surface area contributed by atoms with Gasteiger partial charge in [0, 0.05) is 12.2 Å². The fraction of sp³-hybridized carbons (Fsp3) is 0.462. The number of hydrogen-bond donors (Lipinski definition) is 3. The Morgan fingerprint density at radius 2 is 2.35 bits per heavy atom. The van der Waals surface area contributed by atoms with Gasteiger partial charge in [0.05, 0.1) is 5.92 Å². The second-order valence-corrected chi connectivity index (χ2v) is 4.53. The monoisotopic (exact) mass is 234 g/mol. The lowest BCUT2D eigenvalue weighted by Gasteiger charge is -2.22. The molecule has 0 aromatic heterocycles. The van der Waals surface area contributed by atoms with Gasteiger partial charge in [0.25, 0.3) is 0 Å². The molecule has 0 radical (unpaired) electrons. The molecule has 1 aromatic rings. The lowest BCUT2D eigenvalue weighted by Crippen LogP contribution is -2.37. The number of hydrogen-bond acceptors (Lipinski definition) is 3. The number of aromatic hydroxyl groups is 1. The summed E-state index contributed by atoms with van der Waals surface area (Å²) in [4.78, 5) is 12.0. The average molecular weight is 234 g/mol. The Morgan fingerprint density at radius 3 is 3.00 bits per heavy atom.